The third-order valence-corrected chi connectivity index (χ3v) is 3.54. The molecule has 3 rings (SSSR count). The molecule has 1 fully saturated rings. The van der Waals surface area contributed by atoms with Crippen molar-refractivity contribution < 1.29 is 9.15 Å². The standard InChI is InChI=1S/C17H21NO2/c1-2-17(20-11-1)13-19-12-15-5-3-14(4-6-15)9-10-18-16-7-8-16/h1-6,11,16,18H,7-10,12-13H2. The van der Waals surface area contributed by atoms with Gasteiger partial charge in [-0.1, -0.05) is 24.3 Å². The molecule has 1 aliphatic rings. The number of nitrogens with one attached hydrogen (secondary N) is 1. The molecule has 1 N–H and O–H groups in total. The summed E-state index contributed by atoms with van der Waals surface area (Å²) in [5.41, 5.74) is 2.59. The number of benzene rings is 1. The quantitative estimate of drug-likeness (QED) is 0.800. The summed E-state index contributed by atoms with van der Waals surface area (Å²) in [5, 5.41) is 3.53. The molecule has 1 saturated carbocycles. The molecular formula is C17H21NO2. The van der Waals surface area contributed by atoms with Crippen molar-refractivity contribution in [3.8, 4) is 0 Å². The maximum atomic E-state index is 5.62. The Hall–Kier alpha value is -1.58. The number of ether oxygens (including phenoxy) is 1. The highest BCUT2D eigenvalue weighted by atomic mass is 16.5. The zero-order valence-electron chi connectivity index (χ0n) is 11.7. The van der Waals surface area contributed by atoms with Crippen LogP contribution in [-0.4, -0.2) is 12.6 Å². The minimum absolute atomic E-state index is 0.528. The Morgan fingerprint density at radius 3 is 2.55 bits per heavy atom. The lowest BCUT2D eigenvalue weighted by molar-refractivity contribution is 0.0929. The van der Waals surface area contributed by atoms with Crippen LogP contribution in [0.1, 0.15) is 29.7 Å². The molecule has 0 amide bonds. The molecule has 20 heavy (non-hydrogen) atoms. The Morgan fingerprint density at radius 1 is 1.05 bits per heavy atom. The summed E-state index contributed by atoms with van der Waals surface area (Å²) in [6.07, 6.45) is 5.48. The van der Waals surface area contributed by atoms with Gasteiger partial charge >= 0.3 is 0 Å². The van der Waals surface area contributed by atoms with Crippen LogP contribution in [0.5, 0.6) is 0 Å². The van der Waals surface area contributed by atoms with Crippen LogP contribution in [0.15, 0.2) is 47.1 Å². The lowest BCUT2D eigenvalue weighted by atomic mass is 10.1. The van der Waals surface area contributed by atoms with E-state index >= 15 is 0 Å². The van der Waals surface area contributed by atoms with Gasteiger partial charge < -0.3 is 14.5 Å². The third-order valence-electron chi connectivity index (χ3n) is 3.54. The molecular weight excluding hydrogens is 250 g/mol. The summed E-state index contributed by atoms with van der Waals surface area (Å²) in [7, 11) is 0. The first-order valence-electron chi connectivity index (χ1n) is 7.31. The van der Waals surface area contributed by atoms with Gasteiger partial charge in [0.15, 0.2) is 0 Å². The van der Waals surface area contributed by atoms with Gasteiger partial charge in [-0.2, -0.15) is 0 Å². The molecule has 0 atom stereocenters. The van der Waals surface area contributed by atoms with E-state index in [0.29, 0.717) is 13.2 Å². The average Bonchev–Trinajstić information content (AvgIpc) is 3.15. The molecule has 0 radical (unpaired) electrons. The summed E-state index contributed by atoms with van der Waals surface area (Å²) in [4.78, 5) is 0. The van der Waals surface area contributed by atoms with Crippen molar-refractivity contribution in [1.29, 1.82) is 0 Å². The molecule has 3 nitrogen and oxygen atoms in total. The Morgan fingerprint density at radius 2 is 1.85 bits per heavy atom. The van der Waals surface area contributed by atoms with Crippen molar-refractivity contribution >= 4 is 0 Å². The average molecular weight is 271 g/mol. The van der Waals surface area contributed by atoms with Gasteiger partial charge in [-0.05, 0) is 49.1 Å². The first kappa shape index (κ1) is 13.4. The van der Waals surface area contributed by atoms with Gasteiger partial charge in [0.1, 0.15) is 12.4 Å². The van der Waals surface area contributed by atoms with Gasteiger partial charge in [0.25, 0.3) is 0 Å². The van der Waals surface area contributed by atoms with E-state index in [1.54, 1.807) is 6.26 Å². The van der Waals surface area contributed by atoms with E-state index in [4.69, 9.17) is 9.15 Å². The Bertz CT molecular complexity index is 500. The predicted molar refractivity (Wildman–Crippen MR) is 78.4 cm³/mol. The highest BCUT2D eigenvalue weighted by Gasteiger charge is 2.19. The lowest BCUT2D eigenvalue weighted by Crippen LogP contribution is -2.19. The van der Waals surface area contributed by atoms with Gasteiger partial charge in [-0.25, -0.2) is 0 Å². The van der Waals surface area contributed by atoms with E-state index in [9.17, 15) is 0 Å². The molecule has 2 aromatic rings. The summed E-state index contributed by atoms with van der Waals surface area (Å²) < 4.78 is 10.8. The number of rotatable bonds is 8. The van der Waals surface area contributed by atoms with Crippen molar-refractivity contribution in [3.05, 3.63) is 59.5 Å². The van der Waals surface area contributed by atoms with Crippen molar-refractivity contribution in [2.75, 3.05) is 6.54 Å². The molecule has 0 aliphatic heterocycles. The molecule has 1 aromatic carbocycles. The molecule has 0 spiro atoms. The molecule has 106 valence electrons. The van der Waals surface area contributed by atoms with E-state index in [2.05, 4.69) is 29.6 Å². The van der Waals surface area contributed by atoms with Crippen LogP contribution in [0.3, 0.4) is 0 Å². The highest BCUT2D eigenvalue weighted by molar-refractivity contribution is 5.22. The summed E-state index contributed by atoms with van der Waals surface area (Å²) >= 11 is 0. The zero-order valence-corrected chi connectivity index (χ0v) is 11.7. The van der Waals surface area contributed by atoms with Crippen molar-refractivity contribution in [2.24, 2.45) is 0 Å². The van der Waals surface area contributed by atoms with Crippen molar-refractivity contribution in [1.82, 2.24) is 5.32 Å². The predicted octanol–water partition coefficient (Wildman–Crippen LogP) is 3.29. The fourth-order valence-corrected chi connectivity index (χ4v) is 2.17. The van der Waals surface area contributed by atoms with Crippen LogP contribution in [0.4, 0.5) is 0 Å². The van der Waals surface area contributed by atoms with Crippen molar-refractivity contribution in [3.63, 3.8) is 0 Å². The minimum atomic E-state index is 0.528. The molecule has 1 aliphatic carbocycles. The van der Waals surface area contributed by atoms with E-state index in [1.165, 1.54) is 24.0 Å². The first-order valence-corrected chi connectivity index (χ1v) is 7.31. The maximum absolute atomic E-state index is 5.62. The Balaban J connectivity index is 1.38. The van der Waals surface area contributed by atoms with Crippen LogP contribution in [0.2, 0.25) is 0 Å². The maximum Gasteiger partial charge on any atom is 0.129 e. The largest absolute Gasteiger partial charge is 0.467 e. The topological polar surface area (TPSA) is 34.4 Å². The smallest absolute Gasteiger partial charge is 0.129 e. The summed E-state index contributed by atoms with van der Waals surface area (Å²) in [5.74, 6) is 0.868. The lowest BCUT2D eigenvalue weighted by Gasteiger charge is -2.06. The van der Waals surface area contributed by atoms with Gasteiger partial charge in [0, 0.05) is 6.04 Å². The van der Waals surface area contributed by atoms with E-state index in [1.807, 2.05) is 12.1 Å². The molecule has 0 unspecified atom stereocenters. The highest BCUT2D eigenvalue weighted by Crippen LogP contribution is 2.18. The molecule has 3 heteroatoms. The van der Waals surface area contributed by atoms with Crippen LogP contribution in [0, 0.1) is 0 Å². The van der Waals surface area contributed by atoms with Crippen molar-refractivity contribution in [2.45, 2.75) is 38.5 Å². The van der Waals surface area contributed by atoms with E-state index < -0.39 is 0 Å². The second-order valence-corrected chi connectivity index (χ2v) is 5.37. The normalized spacial score (nSPS) is 14.6. The van der Waals surface area contributed by atoms with Gasteiger partial charge in [-0.3, -0.25) is 0 Å². The summed E-state index contributed by atoms with van der Waals surface area (Å²) in [6, 6.07) is 13.3. The molecule has 0 bridgehead atoms. The Kier molecular flexibility index (Phi) is 4.51. The van der Waals surface area contributed by atoms with Gasteiger partial charge in [-0.15, -0.1) is 0 Å². The second-order valence-electron chi connectivity index (χ2n) is 5.37. The van der Waals surface area contributed by atoms with Gasteiger partial charge in [0.05, 0.1) is 12.9 Å². The molecule has 1 heterocycles. The first-order chi connectivity index (χ1) is 9.90. The fourth-order valence-electron chi connectivity index (χ4n) is 2.17. The second kappa shape index (κ2) is 6.73. The monoisotopic (exact) mass is 271 g/mol. The minimum Gasteiger partial charge on any atom is -0.467 e. The SMILES string of the molecule is c1coc(COCc2ccc(CCNC3CC3)cc2)c1. The summed E-state index contributed by atoms with van der Waals surface area (Å²) in [6.45, 7) is 2.24. The van der Waals surface area contributed by atoms with Crippen LogP contribution >= 0.6 is 0 Å². The van der Waals surface area contributed by atoms with Gasteiger partial charge in [0.2, 0.25) is 0 Å². The van der Waals surface area contributed by atoms with E-state index in [-0.39, 0.29) is 0 Å². The van der Waals surface area contributed by atoms with Crippen LogP contribution in [0.25, 0.3) is 0 Å². The zero-order chi connectivity index (χ0) is 13.6. The Labute approximate surface area is 119 Å². The van der Waals surface area contributed by atoms with Crippen LogP contribution in [-0.2, 0) is 24.4 Å². The van der Waals surface area contributed by atoms with E-state index in [0.717, 1.165) is 24.8 Å². The molecule has 1 aromatic heterocycles. The third kappa shape index (κ3) is 4.22. The van der Waals surface area contributed by atoms with Crippen LogP contribution < -0.4 is 5.32 Å². The molecule has 0 saturated heterocycles. The number of furan rings is 1. The number of hydrogen-bond donors (Lipinski definition) is 1. The fraction of sp³-hybridized carbons (Fsp3) is 0.412. The number of hydrogen-bond acceptors (Lipinski definition) is 3.